The number of methoxy groups -OCH3 is 1. The zero-order valence-corrected chi connectivity index (χ0v) is 13.0. The summed E-state index contributed by atoms with van der Waals surface area (Å²) in [5.74, 6) is 0.817. The van der Waals surface area contributed by atoms with Gasteiger partial charge in [0.15, 0.2) is 5.11 Å². The highest BCUT2D eigenvalue weighted by Gasteiger charge is 2.28. The molecule has 1 aliphatic heterocycles. The molecule has 0 radical (unpaired) electrons. The Labute approximate surface area is 130 Å². The fourth-order valence-corrected chi connectivity index (χ4v) is 3.16. The molecule has 0 aromatic heterocycles. The molecule has 0 bridgehead atoms. The standard InChI is InChI=1S/C17H18N2OS/c1-12-10-13-6-3-4-9-16(13)19(12)17(21)18-14-7-5-8-15(11-14)20-2/h3-9,11-12H,10H2,1-2H3,(H,18,21)/t12-/m1/s1. The monoisotopic (exact) mass is 298 g/mol. The second kappa shape index (κ2) is 5.74. The number of para-hydroxylation sites is 1. The van der Waals surface area contributed by atoms with Crippen LogP contribution in [0.1, 0.15) is 12.5 Å². The Morgan fingerprint density at radius 2 is 2.05 bits per heavy atom. The molecule has 1 heterocycles. The number of ether oxygens (including phenoxy) is 1. The molecule has 3 nitrogen and oxygen atoms in total. The zero-order chi connectivity index (χ0) is 14.8. The first-order valence-corrected chi connectivity index (χ1v) is 7.42. The van der Waals surface area contributed by atoms with Crippen LogP contribution < -0.4 is 15.0 Å². The number of anilines is 2. The number of hydrogen-bond acceptors (Lipinski definition) is 2. The van der Waals surface area contributed by atoms with Gasteiger partial charge in [-0.1, -0.05) is 24.3 Å². The molecule has 0 fully saturated rings. The smallest absolute Gasteiger partial charge is 0.178 e. The number of fused-ring (bicyclic) bond motifs is 1. The molecular weight excluding hydrogens is 280 g/mol. The van der Waals surface area contributed by atoms with Crippen molar-refractivity contribution in [2.45, 2.75) is 19.4 Å². The van der Waals surface area contributed by atoms with Crippen LogP contribution in [-0.4, -0.2) is 18.3 Å². The minimum absolute atomic E-state index is 0.369. The highest BCUT2D eigenvalue weighted by Crippen LogP contribution is 2.32. The van der Waals surface area contributed by atoms with Crippen molar-refractivity contribution in [1.82, 2.24) is 0 Å². The Morgan fingerprint density at radius 3 is 2.86 bits per heavy atom. The number of nitrogens with one attached hydrogen (secondary N) is 1. The van der Waals surface area contributed by atoms with E-state index in [1.54, 1.807) is 7.11 Å². The Bertz CT molecular complexity index is 671. The molecule has 0 unspecified atom stereocenters. The third-order valence-corrected chi connectivity index (χ3v) is 4.05. The molecule has 108 valence electrons. The number of thiocarbonyl (C=S) groups is 1. The van der Waals surface area contributed by atoms with Crippen molar-refractivity contribution in [3.8, 4) is 5.75 Å². The molecule has 4 heteroatoms. The lowest BCUT2D eigenvalue weighted by Crippen LogP contribution is -2.38. The maximum atomic E-state index is 5.60. The molecule has 2 aromatic rings. The Morgan fingerprint density at radius 1 is 1.24 bits per heavy atom. The van der Waals surface area contributed by atoms with Crippen LogP contribution in [0.5, 0.6) is 5.75 Å². The molecular formula is C17H18N2OS. The van der Waals surface area contributed by atoms with E-state index in [-0.39, 0.29) is 0 Å². The van der Waals surface area contributed by atoms with Crippen LogP contribution in [0.25, 0.3) is 0 Å². The topological polar surface area (TPSA) is 24.5 Å². The second-order valence-electron chi connectivity index (χ2n) is 5.21. The minimum atomic E-state index is 0.369. The van der Waals surface area contributed by atoms with E-state index in [2.05, 4.69) is 41.4 Å². The highest BCUT2D eigenvalue weighted by atomic mass is 32.1. The van der Waals surface area contributed by atoms with Gasteiger partial charge in [0.2, 0.25) is 0 Å². The van der Waals surface area contributed by atoms with E-state index < -0.39 is 0 Å². The summed E-state index contributed by atoms with van der Waals surface area (Å²) < 4.78 is 5.24. The first-order chi connectivity index (χ1) is 10.2. The van der Waals surface area contributed by atoms with Gasteiger partial charge in [-0.15, -0.1) is 0 Å². The zero-order valence-electron chi connectivity index (χ0n) is 12.2. The summed E-state index contributed by atoms with van der Waals surface area (Å²) in [6.45, 7) is 2.19. The summed E-state index contributed by atoms with van der Waals surface area (Å²) in [6.07, 6.45) is 1.02. The minimum Gasteiger partial charge on any atom is -0.497 e. The lowest BCUT2D eigenvalue weighted by molar-refractivity contribution is 0.415. The van der Waals surface area contributed by atoms with Crippen LogP contribution >= 0.6 is 12.2 Å². The second-order valence-corrected chi connectivity index (χ2v) is 5.60. The summed E-state index contributed by atoms with van der Waals surface area (Å²) in [5, 5.41) is 4.03. The van der Waals surface area contributed by atoms with Crippen molar-refractivity contribution >= 4 is 28.7 Å². The SMILES string of the molecule is COc1cccc(NC(=S)N2c3ccccc3C[C@H]2C)c1. The molecule has 1 atom stereocenters. The van der Waals surface area contributed by atoms with Gasteiger partial charge in [0.1, 0.15) is 5.75 Å². The van der Waals surface area contributed by atoms with E-state index in [0.717, 1.165) is 23.0 Å². The van der Waals surface area contributed by atoms with Crippen LogP contribution in [0.2, 0.25) is 0 Å². The van der Waals surface area contributed by atoms with Gasteiger partial charge in [-0.25, -0.2) is 0 Å². The van der Waals surface area contributed by atoms with Crippen LogP contribution in [0.3, 0.4) is 0 Å². The van der Waals surface area contributed by atoms with Gasteiger partial charge in [-0.2, -0.15) is 0 Å². The van der Waals surface area contributed by atoms with Gasteiger partial charge < -0.3 is 15.0 Å². The number of nitrogens with zero attached hydrogens (tertiary/aromatic N) is 1. The summed E-state index contributed by atoms with van der Waals surface area (Å²) in [6, 6.07) is 16.6. The summed E-state index contributed by atoms with van der Waals surface area (Å²) in [4.78, 5) is 2.18. The molecule has 0 aliphatic carbocycles. The highest BCUT2D eigenvalue weighted by molar-refractivity contribution is 7.80. The van der Waals surface area contributed by atoms with Crippen molar-refractivity contribution in [3.05, 3.63) is 54.1 Å². The van der Waals surface area contributed by atoms with Gasteiger partial charge in [-0.3, -0.25) is 0 Å². The molecule has 0 saturated carbocycles. The maximum Gasteiger partial charge on any atom is 0.178 e. The van der Waals surface area contributed by atoms with Crippen molar-refractivity contribution in [3.63, 3.8) is 0 Å². The van der Waals surface area contributed by atoms with E-state index in [1.165, 1.54) is 11.3 Å². The quantitative estimate of drug-likeness (QED) is 0.851. The number of hydrogen-bond donors (Lipinski definition) is 1. The van der Waals surface area contributed by atoms with Gasteiger partial charge in [0.25, 0.3) is 0 Å². The molecule has 0 amide bonds. The first-order valence-electron chi connectivity index (χ1n) is 7.01. The number of rotatable bonds is 2. The Kier molecular flexibility index (Phi) is 3.80. The third kappa shape index (κ3) is 2.72. The van der Waals surface area contributed by atoms with Crippen molar-refractivity contribution in [2.24, 2.45) is 0 Å². The van der Waals surface area contributed by atoms with Gasteiger partial charge in [0, 0.05) is 23.5 Å². The van der Waals surface area contributed by atoms with E-state index in [4.69, 9.17) is 17.0 Å². The van der Waals surface area contributed by atoms with E-state index >= 15 is 0 Å². The van der Waals surface area contributed by atoms with Crippen molar-refractivity contribution in [2.75, 3.05) is 17.3 Å². The largest absolute Gasteiger partial charge is 0.497 e. The Balaban J connectivity index is 1.82. The van der Waals surface area contributed by atoms with E-state index in [0.29, 0.717) is 6.04 Å². The lowest BCUT2D eigenvalue weighted by Gasteiger charge is -2.26. The van der Waals surface area contributed by atoms with Crippen LogP contribution in [0, 0.1) is 0 Å². The normalized spacial score (nSPS) is 16.5. The van der Waals surface area contributed by atoms with Crippen LogP contribution in [-0.2, 0) is 6.42 Å². The number of benzene rings is 2. The van der Waals surface area contributed by atoms with Gasteiger partial charge in [-0.05, 0) is 49.3 Å². The molecule has 1 N–H and O–H groups in total. The average Bonchev–Trinajstić information content (AvgIpc) is 2.83. The summed E-state index contributed by atoms with van der Waals surface area (Å²) in [5.41, 5.74) is 3.49. The fourth-order valence-electron chi connectivity index (χ4n) is 2.76. The lowest BCUT2D eigenvalue weighted by atomic mass is 10.1. The van der Waals surface area contributed by atoms with Crippen LogP contribution in [0.15, 0.2) is 48.5 Å². The first kappa shape index (κ1) is 13.9. The Hall–Kier alpha value is -2.07. The van der Waals surface area contributed by atoms with E-state index in [9.17, 15) is 0 Å². The van der Waals surface area contributed by atoms with Gasteiger partial charge in [0.05, 0.1) is 7.11 Å². The fraction of sp³-hybridized carbons (Fsp3) is 0.235. The van der Waals surface area contributed by atoms with Crippen molar-refractivity contribution in [1.29, 1.82) is 0 Å². The average molecular weight is 298 g/mol. The van der Waals surface area contributed by atoms with Gasteiger partial charge >= 0.3 is 0 Å². The molecule has 0 saturated heterocycles. The molecule has 1 aliphatic rings. The van der Waals surface area contributed by atoms with E-state index in [1.807, 2.05) is 24.3 Å². The summed E-state index contributed by atoms with van der Waals surface area (Å²) >= 11 is 5.60. The molecule has 2 aromatic carbocycles. The molecule has 3 rings (SSSR count). The predicted octanol–water partition coefficient (Wildman–Crippen LogP) is 3.84. The molecule has 0 spiro atoms. The summed E-state index contributed by atoms with van der Waals surface area (Å²) in [7, 11) is 1.66. The molecule has 21 heavy (non-hydrogen) atoms. The predicted molar refractivity (Wildman–Crippen MR) is 91.3 cm³/mol. The van der Waals surface area contributed by atoms with Crippen LogP contribution in [0.4, 0.5) is 11.4 Å². The maximum absolute atomic E-state index is 5.60. The third-order valence-electron chi connectivity index (χ3n) is 3.75. The van der Waals surface area contributed by atoms with Crippen molar-refractivity contribution < 1.29 is 4.74 Å².